The third kappa shape index (κ3) is 1.58. The average Bonchev–Trinajstić information content (AvgIpc) is 2.48. The third-order valence-corrected chi connectivity index (χ3v) is 4.55. The molecule has 0 bridgehead atoms. The molecule has 3 nitrogen and oxygen atoms in total. The molecule has 0 unspecified atom stereocenters. The number of benzene rings is 2. The predicted octanol–water partition coefficient (Wildman–Crippen LogP) is 3.38. The molecule has 1 aliphatic rings. The van der Waals surface area contributed by atoms with Crippen LogP contribution in [0.2, 0.25) is 0 Å². The highest BCUT2D eigenvalue weighted by atomic mass is 79.9. The molecule has 0 fully saturated rings. The van der Waals surface area contributed by atoms with Gasteiger partial charge in [-0.3, -0.25) is 9.36 Å². The van der Waals surface area contributed by atoms with Gasteiger partial charge in [0.2, 0.25) is 0 Å². The number of hydrogen-bond acceptors (Lipinski definition) is 2. The number of nitrogens with zero attached hydrogens (tertiary/aromatic N) is 2. The number of halogens is 1. The van der Waals surface area contributed by atoms with Gasteiger partial charge in [0.05, 0.1) is 10.9 Å². The predicted molar refractivity (Wildman–Crippen MR) is 82.8 cm³/mol. The van der Waals surface area contributed by atoms with Gasteiger partial charge in [0.1, 0.15) is 5.82 Å². The van der Waals surface area contributed by atoms with Gasteiger partial charge in [-0.05, 0) is 30.2 Å². The van der Waals surface area contributed by atoms with Crippen LogP contribution >= 0.6 is 15.9 Å². The van der Waals surface area contributed by atoms with Crippen LogP contribution in [-0.2, 0) is 13.0 Å². The molecule has 3 aromatic rings. The zero-order valence-corrected chi connectivity index (χ0v) is 12.2. The molecule has 20 heavy (non-hydrogen) atoms. The molecular formula is C16H11BrN2O. The van der Waals surface area contributed by atoms with Crippen molar-refractivity contribution in [3.63, 3.8) is 0 Å². The van der Waals surface area contributed by atoms with Crippen LogP contribution in [0.5, 0.6) is 0 Å². The Kier molecular flexibility index (Phi) is 2.54. The summed E-state index contributed by atoms with van der Waals surface area (Å²) in [5.41, 5.74) is 3.09. The quantitative estimate of drug-likeness (QED) is 0.634. The summed E-state index contributed by atoms with van der Waals surface area (Å²) in [6, 6.07) is 13.6. The first-order chi connectivity index (χ1) is 9.75. The Morgan fingerprint density at radius 1 is 1.10 bits per heavy atom. The summed E-state index contributed by atoms with van der Waals surface area (Å²) in [4.78, 5) is 17.3. The average molecular weight is 327 g/mol. The SMILES string of the molecule is O=c1c2ccccc2nc2n1CCc1c(Br)cccc1-2. The monoisotopic (exact) mass is 326 g/mol. The van der Waals surface area contributed by atoms with Gasteiger partial charge in [-0.15, -0.1) is 0 Å². The summed E-state index contributed by atoms with van der Waals surface area (Å²) < 4.78 is 2.88. The van der Waals surface area contributed by atoms with Gasteiger partial charge in [0.15, 0.2) is 0 Å². The molecule has 1 aliphatic heterocycles. The smallest absolute Gasteiger partial charge is 0.261 e. The lowest BCUT2D eigenvalue weighted by Gasteiger charge is -2.22. The minimum atomic E-state index is 0.0521. The zero-order chi connectivity index (χ0) is 13.7. The van der Waals surface area contributed by atoms with E-state index in [1.165, 1.54) is 5.56 Å². The Labute approximate surface area is 124 Å². The van der Waals surface area contributed by atoms with Crippen LogP contribution in [0.15, 0.2) is 51.7 Å². The van der Waals surface area contributed by atoms with E-state index >= 15 is 0 Å². The first-order valence-electron chi connectivity index (χ1n) is 6.53. The van der Waals surface area contributed by atoms with Crippen molar-refractivity contribution in [2.45, 2.75) is 13.0 Å². The second-order valence-corrected chi connectivity index (χ2v) is 5.78. The van der Waals surface area contributed by atoms with Gasteiger partial charge >= 0.3 is 0 Å². The number of rotatable bonds is 0. The third-order valence-electron chi connectivity index (χ3n) is 3.81. The van der Waals surface area contributed by atoms with E-state index in [2.05, 4.69) is 15.9 Å². The Bertz CT molecular complexity index is 899. The molecular weight excluding hydrogens is 316 g/mol. The number of para-hydroxylation sites is 1. The zero-order valence-electron chi connectivity index (χ0n) is 10.6. The first-order valence-corrected chi connectivity index (χ1v) is 7.32. The Hall–Kier alpha value is -1.94. The van der Waals surface area contributed by atoms with Gasteiger partial charge in [0.25, 0.3) is 5.56 Å². The highest BCUT2D eigenvalue weighted by Crippen LogP contribution is 2.32. The van der Waals surface area contributed by atoms with Crippen LogP contribution in [-0.4, -0.2) is 9.55 Å². The van der Waals surface area contributed by atoms with E-state index in [0.29, 0.717) is 11.9 Å². The van der Waals surface area contributed by atoms with Crippen LogP contribution in [0.1, 0.15) is 5.56 Å². The van der Waals surface area contributed by atoms with Gasteiger partial charge in [-0.1, -0.05) is 40.2 Å². The number of aromatic nitrogens is 2. The summed E-state index contributed by atoms with van der Waals surface area (Å²) in [6.07, 6.45) is 0.851. The second kappa shape index (κ2) is 4.28. The van der Waals surface area contributed by atoms with E-state index in [1.54, 1.807) is 4.57 Å². The second-order valence-electron chi connectivity index (χ2n) is 4.93. The maximum atomic E-state index is 12.6. The van der Waals surface area contributed by atoms with Gasteiger partial charge in [0, 0.05) is 16.6 Å². The normalized spacial score (nSPS) is 13.1. The Morgan fingerprint density at radius 2 is 1.95 bits per heavy atom. The summed E-state index contributed by atoms with van der Waals surface area (Å²) in [7, 11) is 0. The summed E-state index contributed by atoms with van der Waals surface area (Å²) in [5, 5.41) is 0.690. The minimum Gasteiger partial charge on any atom is -0.292 e. The molecule has 0 atom stereocenters. The molecule has 98 valence electrons. The highest BCUT2D eigenvalue weighted by Gasteiger charge is 2.21. The lowest BCUT2D eigenvalue weighted by atomic mass is 10.00. The molecule has 0 aliphatic carbocycles. The van der Waals surface area contributed by atoms with Crippen molar-refractivity contribution in [2.75, 3.05) is 0 Å². The fraction of sp³-hybridized carbons (Fsp3) is 0.125. The number of fused-ring (bicyclic) bond motifs is 4. The molecule has 2 heterocycles. The largest absolute Gasteiger partial charge is 0.292 e. The fourth-order valence-electron chi connectivity index (χ4n) is 2.83. The standard InChI is InChI=1S/C16H11BrN2O/c17-13-6-3-5-11-10(13)8-9-19-15(11)18-14-7-2-1-4-12(14)16(19)20/h1-7H,8-9H2. The first kappa shape index (κ1) is 11.9. The van der Waals surface area contributed by atoms with Crippen molar-refractivity contribution >= 4 is 26.8 Å². The molecule has 1 aromatic heterocycles. The molecule has 0 spiro atoms. The van der Waals surface area contributed by atoms with Crippen molar-refractivity contribution in [1.82, 2.24) is 9.55 Å². The van der Waals surface area contributed by atoms with Crippen molar-refractivity contribution in [3.05, 3.63) is 62.9 Å². The lowest BCUT2D eigenvalue weighted by molar-refractivity contribution is 0.651. The van der Waals surface area contributed by atoms with Crippen LogP contribution in [0.3, 0.4) is 0 Å². The Morgan fingerprint density at radius 3 is 2.85 bits per heavy atom. The van der Waals surface area contributed by atoms with Gasteiger partial charge in [-0.25, -0.2) is 4.98 Å². The summed E-state index contributed by atoms with van der Waals surface area (Å²) in [5.74, 6) is 0.774. The van der Waals surface area contributed by atoms with Crippen LogP contribution < -0.4 is 5.56 Å². The number of hydrogen-bond donors (Lipinski definition) is 0. The maximum Gasteiger partial charge on any atom is 0.261 e. The summed E-state index contributed by atoms with van der Waals surface area (Å²) in [6.45, 7) is 0.682. The van der Waals surface area contributed by atoms with E-state index in [-0.39, 0.29) is 5.56 Å². The van der Waals surface area contributed by atoms with E-state index in [1.807, 2.05) is 42.5 Å². The Balaban J connectivity index is 2.14. The summed E-state index contributed by atoms with van der Waals surface area (Å²) >= 11 is 3.59. The van der Waals surface area contributed by atoms with Crippen molar-refractivity contribution < 1.29 is 0 Å². The topological polar surface area (TPSA) is 34.9 Å². The van der Waals surface area contributed by atoms with Gasteiger partial charge < -0.3 is 0 Å². The van der Waals surface area contributed by atoms with Crippen LogP contribution in [0, 0.1) is 0 Å². The van der Waals surface area contributed by atoms with Gasteiger partial charge in [-0.2, -0.15) is 0 Å². The molecule has 0 N–H and O–H groups in total. The van der Waals surface area contributed by atoms with E-state index in [0.717, 1.165) is 27.8 Å². The van der Waals surface area contributed by atoms with Crippen molar-refractivity contribution in [3.8, 4) is 11.4 Å². The van der Waals surface area contributed by atoms with Crippen LogP contribution in [0.4, 0.5) is 0 Å². The molecule has 0 saturated carbocycles. The lowest BCUT2D eigenvalue weighted by Crippen LogP contribution is -2.27. The van der Waals surface area contributed by atoms with Crippen molar-refractivity contribution in [1.29, 1.82) is 0 Å². The molecule has 2 aromatic carbocycles. The fourth-order valence-corrected chi connectivity index (χ4v) is 3.39. The van der Waals surface area contributed by atoms with E-state index in [4.69, 9.17) is 4.98 Å². The minimum absolute atomic E-state index is 0.0521. The van der Waals surface area contributed by atoms with E-state index in [9.17, 15) is 4.79 Å². The van der Waals surface area contributed by atoms with Crippen LogP contribution in [0.25, 0.3) is 22.3 Å². The van der Waals surface area contributed by atoms with Crippen molar-refractivity contribution in [2.24, 2.45) is 0 Å². The molecule has 0 saturated heterocycles. The maximum absolute atomic E-state index is 12.6. The molecule has 0 amide bonds. The molecule has 4 heteroatoms. The highest BCUT2D eigenvalue weighted by molar-refractivity contribution is 9.10. The molecule has 0 radical (unpaired) electrons. The molecule has 4 rings (SSSR count). The van der Waals surface area contributed by atoms with E-state index < -0.39 is 0 Å².